The molecule has 0 saturated heterocycles. The summed E-state index contributed by atoms with van der Waals surface area (Å²) in [6.07, 6.45) is -5.17. The highest BCUT2D eigenvalue weighted by molar-refractivity contribution is 6.69. The minimum atomic E-state index is -4.98. The molecule has 0 amide bonds. The number of allylic oxidation sites excluding steroid dienone is 1. The molecule has 0 saturated carbocycles. The first kappa shape index (κ1) is 12.9. The number of carbonyl (C=O) groups is 1. The van der Waals surface area contributed by atoms with Crippen LogP contribution < -0.4 is 0 Å². The van der Waals surface area contributed by atoms with E-state index >= 15 is 0 Å². The summed E-state index contributed by atoms with van der Waals surface area (Å²) in [5, 5.41) is 8.06. The van der Waals surface area contributed by atoms with Gasteiger partial charge in [-0.25, -0.2) is 4.79 Å². The number of alkyl halides is 6. The Morgan fingerprint density at radius 1 is 1.23 bits per heavy atom. The Bertz CT molecular complexity index is 224. The van der Waals surface area contributed by atoms with Crippen molar-refractivity contribution < 1.29 is 23.1 Å². The van der Waals surface area contributed by atoms with Gasteiger partial charge < -0.3 is 5.11 Å². The summed E-state index contributed by atoms with van der Waals surface area (Å²) in [5.41, 5.74) is -1.74. The highest BCUT2D eigenvalue weighted by atomic mass is 35.6. The lowest BCUT2D eigenvalue weighted by Gasteiger charge is -2.17. The smallest absolute Gasteiger partial charge is 0.417 e. The van der Waals surface area contributed by atoms with Crippen molar-refractivity contribution in [3.8, 4) is 0 Å². The Morgan fingerprint density at radius 3 is 1.69 bits per heavy atom. The Labute approximate surface area is 85.9 Å². The molecule has 0 radical (unpaired) electrons. The number of carboxylic acids is 1. The SMILES string of the molecule is O=C(O)/C=C(/C(F)(F)F)C(Cl)(Cl)Cl. The van der Waals surface area contributed by atoms with E-state index in [1.165, 1.54) is 0 Å². The lowest BCUT2D eigenvalue weighted by molar-refractivity contribution is -0.132. The molecule has 0 heterocycles. The maximum Gasteiger partial charge on any atom is 0.417 e. The van der Waals surface area contributed by atoms with E-state index < -0.39 is 21.5 Å². The van der Waals surface area contributed by atoms with Crippen LogP contribution in [0.2, 0.25) is 0 Å². The Hall–Kier alpha value is -0.130. The topological polar surface area (TPSA) is 37.3 Å². The third-order valence-corrected chi connectivity index (χ3v) is 1.49. The van der Waals surface area contributed by atoms with Crippen molar-refractivity contribution in [1.29, 1.82) is 0 Å². The average Bonchev–Trinajstić information content (AvgIpc) is 1.77. The molecule has 0 unspecified atom stereocenters. The van der Waals surface area contributed by atoms with E-state index in [9.17, 15) is 18.0 Å². The molecule has 76 valence electrons. The van der Waals surface area contributed by atoms with Crippen molar-refractivity contribution in [2.75, 3.05) is 0 Å². The van der Waals surface area contributed by atoms with Crippen LogP contribution in [-0.2, 0) is 4.79 Å². The number of aliphatic carboxylic acids is 1. The summed E-state index contributed by atoms with van der Waals surface area (Å²) in [6, 6.07) is 0. The van der Waals surface area contributed by atoms with Crippen LogP contribution in [0.15, 0.2) is 11.6 Å². The van der Waals surface area contributed by atoms with Gasteiger partial charge in [0.25, 0.3) is 0 Å². The molecule has 2 nitrogen and oxygen atoms in total. The van der Waals surface area contributed by atoms with Gasteiger partial charge in [-0.05, 0) is 0 Å². The standard InChI is InChI=1S/C5H2Cl3F3O2/c6-4(7,8)2(1-3(12)13)5(9,10)11/h1H,(H,12,13)/b2-1+. The predicted octanol–water partition coefficient (Wildman–Crippen LogP) is 2.93. The predicted molar refractivity (Wildman–Crippen MR) is 42.1 cm³/mol. The summed E-state index contributed by atoms with van der Waals surface area (Å²) >= 11 is 14.7. The van der Waals surface area contributed by atoms with E-state index in [4.69, 9.17) is 39.9 Å². The van der Waals surface area contributed by atoms with E-state index in [-0.39, 0.29) is 6.08 Å². The fourth-order valence-corrected chi connectivity index (χ4v) is 0.933. The quantitative estimate of drug-likeness (QED) is 0.579. The highest BCUT2D eigenvalue weighted by Crippen LogP contribution is 2.43. The maximum atomic E-state index is 12.0. The van der Waals surface area contributed by atoms with Crippen LogP contribution in [-0.4, -0.2) is 21.0 Å². The fourth-order valence-electron chi connectivity index (χ4n) is 0.448. The molecule has 1 N–H and O–H groups in total. The monoisotopic (exact) mass is 256 g/mol. The number of halogens is 6. The van der Waals surface area contributed by atoms with E-state index in [0.717, 1.165) is 0 Å². The zero-order chi connectivity index (χ0) is 10.9. The minimum Gasteiger partial charge on any atom is -0.478 e. The first-order valence-electron chi connectivity index (χ1n) is 2.64. The van der Waals surface area contributed by atoms with Gasteiger partial charge in [-0.3, -0.25) is 0 Å². The second-order valence-corrected chi connectivity index (χ2v) is 4.17. The summed E-state index contributed by atoms with van der Waals surface area (Å²) in [5.74, 6) is -1.83. The van der Waals surface area contributed by atoms with Crippen molar-refractivity contribution >= 4 is 40.8 Å². The normalized spacial score (nSPS) is 14.5. The molecule has 0 atom stereocenters. The van der Waals surface area contributed by atoms with Crippen molar-refractivity contribution in [1.82, 2.24) is 0 Å². The third kappa shape index (κ3) is 4.59. The van der Waals surface area contributed by atoms with Gasteiger partial charge in [0.1, 0.15) is 0 Å². The molecular weight excluding hydrogens is 255 g/mol. The van der Waals surface area contributed by atoms with Crippen LogP contribution in [0.5, 0.6) is 0 Å². The average molecular weight is 257 g/mol. The van der Waals surface area contributed by atoms with Gasteiger partial charge in [0.05, 0.1) is 5.57 Å². The van der Waals surface area contributed by atoms with Crippen LogP contribution in [0.3, 0.4) is 0 Å². The van der Waals surface area contributed by atoms with Crippen molar-refractivity contribution in [2.24, 2.45) is 0 Å². The summed E-state index contributed by atoms with van der Waals surface area (Å²) in [7, 11) is 0. The molecule has 0 spiro atoms. The summed E-state index contributed by atoms with van der Waals surface area (Å²) in [4.78, 5) is 9.95. The molecule has 0 aromatic rings. The first-order chi connectivity index (χ1) is 5.55. The van der Waals surface area contributed by atoms with E-state index in [0.29, 0.717) is 0 Å². The third-order valence-electron chi connectivity index (χ3n) is 0.879. The largest absolute Gasteiger partial charge is 0.478 e. The molecule has 0 rings (SSSR count). The van der Waals surface area contributed by atoms with E-state index in [1.54, 1.807) is 0 Å². The lowest BCUT2D eigenvalue weighted by Crippen LogP contribution is -2.24. The van der Waals surface area contributed by atoms with Crippen LogP contribution in [0, 0.1) is 0 Å². The zero-order valence-corrected chi connectivity index (χ0v) is 7.97. The number of hydrogen-bond donors (Lipinski definition) is 1. The second-order valence-electron chi connectivity index (χ2n) is 1.89. The summed E-state index contributed by atoms with van der Waals surface area (Å²) in [6.45, 7) is 0. The molecule has 0 aliphatic rings. The Balaban J connectivity index is 5.13. The van der Waals surface area contributed by atoms with Crippen molar-refractivity contribution in [3.05, 3.63) is 11.6 Å². The second kappa shape index (κ2) is 3.94. The zero-order valence-electron chi connectivity index (χ0n) is 5.70. The Kier molecular flexibility index (Phi) is 3.90. The fraction of sp³-hybridized carbons (Fsp3) is 0.400. The van der Waals surface area contributed by atoms with E-state index in [2.05, 4.69) is 0 Å². The highest BCUT2D eigenvalue weighted by Gasteiger charge is 2.46. The molecule has 0 fully saturated rings. The van der Waals surface area contributed by atoms with Crippen LogP contribution in [0.1, 0.15) is 0 Å². The van der Waals surface area contributed by atoms with Crippen LogP contribution in [0.25, 0.3) is 0 Å². The Morgan fingerprint density at radius 2 is 1.62 bits per heavy atom. The van der Waals surface area contributed by atoms with Gasteiger partial charge >= 0.3 is 12.1 Å². The molecular formula is C5H2Cl3F3O2. The minimum absolute atomic E-state index is 0.188. The lowest BCUT2D eigenvalue weighted by atomic mass is 10.2. The molecule has 13 heavy (non-hydrogen) atoms. The molecule has 0 bridgehead atoms. The van der Waals surface area contributed by atoms with Crippen molar-refractivity contribution in [3.63, 3.8) is 0 Å². The van der Waals surface area contributed by atoms with Crippen LogP contribution >= 0.6 is 34.8 Å². The van der Waals surface area contributed by atoms with Gasteiger partial charge in [0, 0.05) is 6.08 Å². The molecule has 0 aromatic heterocycles. The van der Waals surface area contributed by atoms with Gasteiger partial charge in [0.15, 0.2) is 0 Å². The number of carboxylic acid groups (broad SMARTS) is 1. The summed E-state index contributed by atoms with van der Waals surface area (Å²) < 4.78 is 33.2. The molecule has 8 heteroatoms. The molecule has 0 aliphatic carbocycles. The number of hydrogen-bond acceptors (Lipinski definition) is 1. The van der Waals surface area contributed by atoms with Gasteiger partial charge in [0.2, 0.25) is 3.79 Å². The molecule has 0 aromatic carbocycles. The first-order valence-corrected chi connectivity index (χ1v) is 3.77. The van der Waals surface area contributed by atoms with Gasteiger partial charge in [-0.15, -0.1) is 0 Å². The van der Waals surface area contributed by atoms with Gasteiger partial charge in [-0.2, -0.15) is 13.2 Å². The van der Waals surface area contributed by atoms with Crippen molar-refractivity contribution in [2.45, 2.75) is 9.97 Å². The number of rotatable bonds is 1. The maximum absolute atomic E-state index is 12.0. The molecule has 0 aliphatic heterocycles. The van der Waals surface area contributed by atoms with Crippen LogP contribution in [0.4, 0.5) is 13.2 Å². The van der Waals surface area contributed by atoms with Gasteiger partial charge in [-0.1, -0.05) is 34.8 Å². The van der Waals surface area contributed by atoms with E-state index in [1.807, 2.05) is 0 Å².